The second-order valence-electron chi connectivity index (χ2n) is 3.85. The van der Waals surface area contributed by atoms with Crippen LogP contribution in [0.3, 0.4) is 0 Å². The Labute approximate surface area is 93.4 Å². The molecule has 0 bridgehead atoms. The van der Waals surface area contributed by atoms with Gasteiger partial charge in [-0.25, -0.2) is 0 Å². The molecule has 1 fully saturated rings. The topological polar surface area (TPSA) is 57.8 Å². The van der Waals surface area contributed by atoms with E-state index in [2.05, 4.69) is 15.5 Å². The molecule has 1 aliphatic rings. The van der Waals surface area contributed by atoms with Gasteiger partial charge >= 0.3 is 0 Å². The van der Waals surface area contributed by atoms with Gasteiger partial charge in [0.05, 0.1) is 5.38 Å². The van der Waals surface area contributed by atoms with Crippen molar-refractivity contribution in [1.82, 2.24) is 15.5 Å². The average Bonchev–Trinajstić information content (AvgIpc) is 2.74. The van der Waals surface area contributed by atoms with Gasteiger partial charge in [-0.1, -0.05) is 12.8 Å². The van der Waals surface area contributed by atoms with Crippen LogP contribution in [0.2, 0.25) is 0 Å². The third-order valence-electron chi connectivity index (χ3n) is 2.74. The van der Waals surface area contributed by atoms with Crippen molar-refractivity contribution < 1.29 is 4.79 Å². The Hall–Kier alpha value is -1.03. The highest BCUT2D eigenvalue weighted by atomic mass is 35.5. The number of rotatable bonds is 2. The molecule has 1 heterocycles. The molecule has 0 aliphatic heterocycles. The third-order valence-corrected chi connectivity index (χ3v) is 3.27. The summed E-state index contributed by atoms with van der Waals surface area (Å²) >= 11 is 6.15. The monoisotopic (exact) mass is 227 g/mol. The predicted octanol–water partition coefficient (Wildman–Crippen LogP) is 1.69. The van der Waals surface area contributed by atoms with E-state index in [1.54, 1.807) is 12.3 Å². The van der Waals surface area contributed by atoms with Crippen molar-refractivity contribution >= 4 is 17.5 Å². The van der Waals surface area contributed by atoms with Crippen molar-refractivity contribution in [2.24, 2.45) is 0 Å². The number of hydrogen-bond acceptors (Lipinski definition) is 2. The Morgan fingerprint density at radius 3 is 3.00 bits per heavy atom. The number of aromatic amines is 1. The Bertz CT molecular complexity index is 325. The molecule has 2 unspecified atom stereocenters. The van der Waals surface area contributed by atoms with Crippen molar-refractivity contribution in [3.05, 3.63) is 18.0 Å². The molecule has 0 spiro atoms. The number of carbonyl (C=O) groups excluding carboxylic acids is 1. The number of hydrogen-bond donors (Lipinski definition) is 2. The molecule has 0 saturated heterocycles. The van der Waals surface area contributed by atoms with Crippen molar-refractivity contribution in [3.63, 3.8) is 0 Å². The molecule has 4 nitrogen and oxygen atoms in total. The number of nitrogens with one attached hydrogen (secondary N) is 2. The molecule has 1 aliphatic carbocycles. The van der Waals surface area contributed by atoms with Crippen LogP contribution < -0.4 is 5.32 Å². The second kappa shape index (κ2) is 4.66. The normalized spacial score (nSPS) is 26.2. The van der Waals surface area contributed by atoms with Gasteiger partial charge < -0.3 is 5.32 Å². The average molecular weight is 228 g/mol. The van der Waals surface area contributed by atoms with Crippen LogP contribution in [0.5, 0.6) is 0 Å². The third kappa shape index (κ3) is 2.50. The molecule has 1 aromatic heterocycles. The van der Waals surface area contributed by atoms with E-state index < -0.39 is 0 Å². The minimum Gasteiger partial charge on any atom is -0.347 e. The minimum atomic E-state index is -0.120. The van der Waals surface area contributed by atoms with Crippen LogP contribution in [0.15, 0.2) is 12.3 Å². The van der Waals surface area contributed by atoms with Crippen LogP contribution in [0.25, 0.3) is 0 Å². The largest absolute Gasteiger partial charge is 0.347 e. The van der Waals surface area contributed by atoms with Crippen LogP contribution in [0.4, 0.5) is 0 Å². The van der Waals surface area contributed by atoms with E-state index in [0.29, 0.717) is 5.69 Å². The van der Waals surface area contributed by atoms with Crippen LogP contribution >= 0.6 is 11.6 Å². The lowest BCUT2D eigenvalue weighted by Crippen LogP contribution is -2.42. The SMILES string of the molecule is O=C(NC1CCCCC1Cl)c1ccn[nH]1. The van der Waals surface area contributed by atoms with Crippen molar-refractivity contribution in [2.45, 2.75) is 37.1 Å². The summed E-state index contributed by atoms with van der Waals surface area (Å²) in [6.45, 7) is 0. The zero-order valence-electron chi connectivity index (χ0n) is 8.37. The number of carbonyl (C=O) groups is 1. The molecule has 1 amide bonds. The number of amides is 1. The first-order chi connectivity index (χ1) is 7.27. The molecule has 0 radical (unpaired) electrons. The van der Waals surface area contributed by atoms with Gasteiger partial charge in [0.2, 0.25) is 0 Å². The summed E-state index contributed by atoms with van der Waals surface area (Å²) in [4.78, 5) is 11.7. The lowest BCUT2D eigenvalue weighted by atomic mass is 9.95. The molecule has 1 saturated carbocycles. The molecular formula is C10H14ClN3O. The van der Waals surface area contributed by atoms with Crippen LogP contribution in [-0.2, 0) is 0 Å². The highest BCUT2D eigenvalue weighted by Gasteiger charge is 2.25. The van der Waals surface area contributed by atoms with E-state index in [1.807, 2.05) is 0 Å². The van der Waals surface area contributed by atoms with Gasteiger partial charge in [0.25, 0.3) is 5.91 Å². The highest BCUT2D eigenvalue weighted by molar-refractivity contribution is 6.21. The highest BCUT2D eigenvalue weighted by Crippen LogP contribution is 2.23. The number of alkyl halides is 1. The fraction of sp³-hybridized carbons (Fsp3) is 0.600. The molecule has 2 N–H and O–H groups in total. The second-order valence-corrected chi connectivity index (χ2v) is 4.41. The Morgan fingerprint density at radius 2 is 2.33 bits per heavy atom. The Morgan fingerprint density at radius 1 is 1.53 bits per heavy atom. The van der Waals surface area contributed by atoms with E-state index >= 15 is 0 Å². The zero-order valence-corrected chi connectivity index (χ0v) is 9.13. The molecule has 0 aromatic carbocycles. The van der Waals surface area contributed by atoms with Gasteiger partial charge in [0.1, 0.15) is 5.69 Å². The van der Waals surface area contributed by atoms with E-state index in [-0.39, 0.29) is 17.3 Å². The number of nitrogens with zero attached hydrogens (tertiary/aromatic N) is 1. The summed E-state index contributed by atoms with van der Waals surface area (Å²) in [5.74, 6) is -0.120. The van der Waals surface area contributed by atoms with Gasteiger partial charge in [0, 0.05) is 12.2 Å². The smallest absolute Gasteiger partial charge is 0.269 e. The Balaban J connectivity index is 1.93. The number of halogens is 1. The van der Waals surface area contributed by atoms with E-state index in [4.69, 9.17) is 11.6 Å². The van der Waals surface area contributed by atoms with Gasteiger partial charge in [0.15, 0.2) is 0 Å². The van der Waals surface area contributed by atoms with E-state index in [1.165, 1.54) is 0 Å². The minimum absolute atomic E-state index is 0.0608. The molecule has 2 atom stereocenters. The summed E-state index contributed by atoms with van der Waals surface area (Å²) in [5, 5.41) is 9.36. The zero-order chi connectivity index (χ0) is 10.7. The fourth-order valence-electron chi connectivity index (χ4n) is 1.88. The summed E-state index contributed by atoms with van der Waals surface area (Å²) in [5.41, 5.74) is 0.490. The molecule has 15 heavy (non-hydrogen) atoms. The maximum atomic E-state index is 11.7. The number of H-pyrrole nitrogens is 1. The van der Waals surface area contributed by atoms with Gasteiger partial charge in [-0.2, -0.15) is 5.10 Å². The summed E-state index contributed by atoms with van der Waals surface area (Å²) in [6.07, 6.45) is 5.80. The standard InChI is InChI=1S/C10H14ClN3O/c11-7-3-1-2-4-8(7)13-10(15)9-5-6-12-14-9/h5-8H,1-4H2,(H,12,14)(H,13,15). The van der Waals surface area contributed by atoms with Crippen molar-refractivity contribution in [3.8, 4) is 0 Å². The molecular weight excluding hydrogens is 214 g/mol. The molecule has 82 valence electrons. The maximum Gasteiger partial charge on any atom is 0.269 e. The lowest BCUT2D eigenvalue weighted by molar-refractivity contribution is 0.0923. The van der Waals surface area contributed by atoms with Crippen molar-refractivity contribution in [2.75, 3.05) is 0 Å². The molecule has 5 heteroatoms. The van der Waals surface area contributed by atoms with Crippen molar-refractivity contribution in [1.29, 1.82) is 0 Å². The quantitative estimate of drug-likeness (QED) is 0.756. The van der Waals surface area contributed by atoms with Crippen LogP contribution in [0, 0.1) is 0 Å². The van der Waals surface area contributed by atoms with E-state index in [0.717, 1.165) is 25.7 Å². The van der Waals surface area contributed by atoms with Crippen LogP contribution in [0.1, 0.15) is 36.2 Å². The fourth-order valence-corrected chi connectivity index (χ4v) is 2.22. The predicted molar refractivity (Wildman–Crippen MR) is 58.0 cm³/mol. The summed E-state index contributed by atoms with van der Waals surface area (Å²) in [7, 11) is 0. The number of aromatic nitrogens is 2. The summed E-state index contributed by atoms with van der Waals surface area (Å²) < 4.78 is 0. The summed E-state index contributed by atoms with van der Waals surface area (Å²) in [6, 6.07) is 1.75. The maximum absolute atomic E-state index is 11.7. The van der Waals surface area contributed by atoms with Crippen LogP contribution in [-0.4, -0.2) is 27.5 Å². The van der Waals surface area contributed by atoms with Gasteiger partial charge in [-0.3, -0.25) is 9.89 Å². The van der Waals surface area contributed by atoms with Gasteiger partial charge in [-0.15, -0.1) is 11.6 Å². The first-order valence-corrected chi connectivity index (χ1v) is 5.65. The Kier molecular flexibility index (Phi) is 3.26. The first-order valence-electron chi connectivity index (χ1n) is 5.21. The first kappa shape index (κ1) is 10.5. The molecule has 2 rings (SSSR count). The lowest BCUT2D eigenvalue weighted by Gasteiger charge is -2.27. The van der Waals surface area contributed by atoms with Gasteiger partial charge in [-0.05, 0) is 18.9 Å². The van der Waals surface area contributed by atoms with E-state index in [9.17, 15) is 4.79 Å². The molecule has 1 aromatic rings.